The summed E-state index contributed by atoms with van der Waals surface area (Å²) in [6, 6.07) is 20.7. The molecule has 7 heteroatoms. The zero-order valence-electron chi connectivity index (χ0n) is 16.4. The molecule has 0 bridgehead atoms. The Kier molecular flexibility index (Phi) is 5.52. The third kappa shape index (κ3) is 3.91. The molecule has 2 aromatic heterocycles. The first-order valence-corrected chi connectivity index (χ1v) is 9.47. The molecule has 0 N–H and O–H groups in total. The van der Waals surface area contributed by atoms with Gasteiger partial charge in [-0.2, -0.15) is 0 Å². The molecular weight excluding hydrogens is 380 g/mol. The van der Waals surface area contributed by atoms with Gasteiger partial charge < -0.3 is 4.84 Å². The van der Waals surface area contributed by atoms with Crippen molar-refractivity contribution in [3.8, 4) is 0 Å². The van der Waals surface area contributed by atoms with E-state index in [2.05, 4.69) is 10.1 Å². The average molecular weight is 400 g/mol. The topological polar surface area (TPSA) is 78.5 Å². The number of rotatable bonds is 6. The third-order valence-corrected chi connectivity index (χ3v) is 4.78. The molecule has 30 heavy (non-hydrogen) atoms. The van der Waals surface area contributed by atoms with E-state index < -0.39 is 11.2 Å². The molecule has 4 rings (SSSR count). The van der Waals surface area contributed by atoms with Crippen LogP contribution < -0.4 is 11.2 Å². The van der Waals surface area contributed by atoms with E-state index in [0.717, 1.165) is 11.1 Å². The first kappa shape index (κ1) is 19.3. The lowest BCUT2D eigenvalue weighted by molar-refractivity contribution is 0.132. The Balaban J connectivity index is 1.71. The molecule has 0 saturated heterocycles. The maximum Gasteiger partial charge on any atom is 0.332 e. The molecule has 0 aliphatic rings. The van der Waals surface area contributed by atoms with Crippen molar-refractivity contribution in [1.29, 1.82) is 0 Å². The van der Waals surface area contributed by atoms with Crippen LogP contribution in [0.2, 0.25) is 0 Å². The van der Waals surface area contributed by atoms with Crippen LogP contribution in [0.1, 0.15) is 16.7 Å². The van der Waals surface area contributed by atoms with Gasteiger partial charge in [-0.1, -0.05) is 65.8 Å². The molecule has 7 nitrogen and oxygen atoms in total. The van der Waals surface area contributed by atoms with Crippen LogP contribution in [0.4, 0.5) is 0 Å². The van der Waals surface area contributed by atoms with Crippen LogP contribution >= 0.6 is 0 Å². The van der Waals surface area contributed by atoms with Crippen molar-refractivity contribution >= 4 is 17.2 Å². The zero-order valence-corrected chi connectivity index (χ0v) is 16.4. The van der Waals surface area contributed by atoms with Crippen LogP contribution in [0.25, 0.3) is 11.0 Å². The first-order chi connectivity index (χ1) is 14.6. The number of oxime groups is 1. The van der Waals surface area contributed by atoms with Gasteiger partial charge in [0.15, 0.2) is 0 Å². The number of hydrogen-bond acceptors (Lipinski definition) is 5. The van der Waals surface area contributed by atoms with Gasteiger partial charge >= 0.3 is 5.69 Å². The van der Waals surface area contributed by atoms with E-state index in [1.54, 1.807) is 19.3 Å². The molecular formula is C23H20N4O3. The smallest absolute Gasteiger partial charge is 0.332 e. The Labute approximate surface area is 172 Å². The van der Waals surface area contributed by atoms with Gasteiger partial charge in [0.05, 0.1) is 18.1 Å². The van der Waals surface area contributed by atoms with Crippen LogP contribution in [-0.4, -0.2) is 20.3 Å². The van der Waals surface area contributed by atoms with E-state index >= 15 is 0 Å². The number of fused-ring (bicyclic) bond motifs is 1. The number of benzene rings is 2. The van der Waals surface area contributed by atoms with Crippen LogP contribution in [0.3, 0.4) is 0 Å². The number of nitrogens with zero attached hydrogens (tertiary/aromatic N) is 4. The number of pyridine rings is 1. The van der Waals surface area contributed by atoms with E-state index in [1.807, 2.05) is 60.7 Å². The third-order valence-electron chi connectivity index (χ3n) is 4.78. The van der Waals surface area contributed by atoms with E-state index in [-0.39, 0.29) is 6.54 Å². The summed E-state index contributed by atoms with van der Waals surface area (Å²) in [5.41, 5.74) is 1.87. The Hall–Kier alpha value is -4.00. The lowest BCUT2D eigenvalue weighted by atomic mass is 10.2. The van der Waals surface area contributed by atoms with E-state index in [0.29, 0.717) is 23.2 Å². The molecule has 0 spiro atoms. The molecule has 2 aromatic carbocycles. The van der Waals surface area contributed by atoms with Gasteiger partial charge in [-0.3, -0.25) is 13.9 Å². The number of aryl methyl sites for hydroxylation is 1. The monoisotopic (exact) mass is 400 g/mol. The SMILES string of the molecule is Cn1c(=O)n(Cc2ccccc2)c(=O)c2c(C=NOCc3ccccc3)ccnc21. The minimum Gasteiger partial charge on any atom is -0.391 e. The average Bonchev–Trinajstić information content (AvgIpc) is 2.79. The quantitative estimate of drug-likeness (QED) is 0.368. The van der Waals surface area contributed by atoms with Crippen molar-refractivity contribution in [3.05, 3.63) is 110 Å². The second-order valence-corrected chi connectivity index (χ2v) is 6.81. The summed E-state index contributed by atoms with van der Waals surface area (Å²) in [6.45, 7) is 0.495. The Morgan fingerprint density at radius 1 is 0.967 bits per heavy atom. The number of hydrogen-bond donors (Lipinski definition) is 0. The highest BCUT2D eigenvalue weighted by atomic mass is 16.6. The highest BCUT2D eigenvalue weighted by Gasteiger charge is 2.15. The molecule has 0 aliphatic heterocycles. The largest absolute Gasteiger partial charge is 0.391 e. The predicted octanol–water partition coefficient (Wildman–Crippen LogP) is 2.69. The van der Waals surface area contributed by atoms with Gasteiger partial charge in [0.25, 0.3) is 5.56 Å². The fraction of sp³-hybridized carbons (Fsp3) is 0.130. The highest BCUT2D eigenvalue weighted by Crippen LogP contribution is 2.10. The summed E-state index contributed by atoms with van der Waals surface area (Å²) < 4.78 is 2.59. The predicted molar refractivity (Wildman–Crippen MR) is 116 cm³/mol. The van der Waals surface area contributed by atoms with Crippen molar-refractivity contribution in [3.63, 3.8) is 0 Å². The molecule has 0 atom stereocenters. The van der Waals surface area contributed by atoms with Gasteiger partial charge in [0, 0.05) is 18.8 Å². The minimum absolute atomic E-state index is 0.179. The summed E-state index contributed by atoms with van der Waals surface area (Å²) in [5, 5.41) is 4.33. The molecule has 0 amide bonds. The van der Waals surface area contributed by atoms with Crippen molar-refractivity contribution < 1.29 is 4.84 Å². The molecule has 0 aliphatic carbocycles. The summed E-state index contributed by atoms with van der Waals surface area (Å²) in [6.07, 6.45) is 3.02. The highest BCUT2D eigenvalue weighted by molar-refractivity contribution is 5.96. The zero-order chi connectivity index (χ0) is 20.9. The summed E-state index contributed by atoms with van der Waals surface area (Å²) >= 11 is 0. The molecule has 2 heterocycles. The molecule has 150 valence electrons. The molecule has 0 radical (unpaired) electrons. The van der Waals surface area contributed by atoms with Gasteiger partial charge in [0.2, 0.25) is 0 Å². The normalized spacial score (nSPS) is 11.2. The molecule has 0 fully saturated rings. The number of aromatic nitrogens is 3. The molecule has 0 unspecified atom stereocenters. The van der Waals surface area contributed by atoms with Crippen molar-refractivity contribution in [2.45, 2.75) is 13.2 Å². The summed E-state index contributed by atoms with van der Waals surface area (Å²) in [5.74, 6) is 0. The van der Waals surface area contributed by atoms with Gasteiger partial charge in [-0.05, 0) is 17.2 Å². The second kappa shape index (κ2) is 8.57. The Morgan fingerprint density at radius 3 is 2.33 bits per heavy atom. The van der Waals surface area contributed by atoms with Crippen molar-refractivity contribution in [2.24, 2.45) is 12.2 Å². The van der Waals surface area contributed by atoms with Crippen molar-refractivity contribution in [2.75, 3.05) is 0 Å². The van der Waals surface area contributed by atoms with Gasteiger partial charge in [-0.15, -0.1) is 0 Å². The van der Waals surface area contributed by atoms with E-state index in [1.165, 1.54) is 15.3 Å². The molecule has 0 saturated carbocycles. The standard InChI is InChI=1S/C23H20N4O3/c1-26-21-20(22(28)27(23(26)29)15-17-8-4-2-5-9-17)19(12-13-24-21)14-25-30-16-18-10-6-3-7-11-18/h2-14H,15-16H2,1H3. The van der Waals surface area contributed by atoms with Crippen LogP contribution in [0.5, 0.6) is 0 Å². The fourth-order valence-corrected chi connectivity index (χ4v) is 3.23. The van der Waals surface area contributed by atoms with E-state index in [4.69, 9.17) is 4.84 Å². The maximum absolute atomic E-state index is 13.2. The van der Waals surface area contributed by atoms with Crippen LogP contribution in [0.15, 0.2) is 87.7 Å². The first-order valence-electron chi connectivity index (χ1n) is 9.47. The van der Waals surface area contributed by atoms with Crippen molar-refractivity contribution in [1.82, 2.24) is 14.1 Å². The molecule has 4 aromatic rings. The second-order valence-electron chi connectivity index (χ2n) is 6.81. The van der Waals surface area contributed by atoms with Gasteiger partial charge in [-0.25, -0.2) is 9.78 Å². The Bertz CT molecular complexity index is 1310. The maximum atomic E-state index is 13.2. The minimum atomic E-state index is -0.418. The summed E-state index contributed by atoms with van der Waals surface area (Å²) in [7, 11) is 1.60. The summed E-state index contributed by atoms with van der Waals surface area (Å²) in [4.78, 5) is 35.6. The van der Waals surface area contributed by atoms with Crippen LogP contribution in [-0.2, 0) is 25.0 Å². The van der Waals surface area contributed by atoms with E-state index in [9.17, 15) is 9.59 Å². The van der Waals surface area contributed by atoms with Gasteiger partial charge in [0.1, 0.15) is 12.3 Å². The van der Waals surface area contributed by atoms with Crippen LogP contribution in [0, 0.1) is 0 Å². The lowest BCUT2D eigenvalue weighted by Gasteiger charge is -2.11. The lowest BCUT2D eigenvalue weighted by Crippen LogP contribution is -2.40. The fourth-order valence-electron chi connectivity index (χ4n) is 3.23. The Morgan fingerprint density at radius 2 is 1.63 bits per heavy atom.